The van der Waals surface area contributed by atoms with E-state index in [1.807, 2.05) is 0 Å². The van der Waals surface area contributed by atoms with E-state index >= 15 is 0 Å². The lowest BCUT2D eigenvalue weighted by Crippen LogP contribution is -2.51. The zero-order valence-electron chi connectivity index (χ0n) is 10.4. The van der Waals surface area contributed by atoms with E-state index in [2.05, 4.69) is 0 Å². The SMILES string of the molecule is CN(CC1CCS(=O)(=O)C1)CC(C)(O)C(F)(F)F. The zero-order chi connectivity index (χ0) is 14.2. The Labute approximate surface area is 105 Å². The molecule has 0 aromatic heterocycles. The number of aliphatic hydroxyl groups is 1. The minimum absolute atomic E-state index is 0.0193. The van der Waals surface area contributed by atoms with E-state index in [-0.39, 0.29) is 24.0 Å². The van der Waals surface area contributed by atoms with E-state index < -0.39 is 28.2 Å². The van der Waals surface area contributed by atoms with E-state index in [0.29, 0.717) is 6.42 Å². The van der Waals surface area contributed by atoms with Gasteiger partial charge in [0, 0.05) is 13.1 Å². The van der Waals surface area contributed by atoms with Gasteiger partial charge < -0.3 is 10.0 Å². The molecule has 0 aromatic carbocycles. The maximum Gasteiger partial charge on any atom is 0.418 e. The second-order valence-corrected chi connectivity index (χ2v) is 7.47. The average Bonchev–Trinajstić information content (AvgIpc) is 2.41. The first-order chi connectivity index (χ1) is 7.93. The normalized spacial score (nSPS) is 27.4. The van der Waals surface area contributed by atoms with Crippen LogP contribution in [-0.4, -0.2) is 61.8 Å². The zero-order valence-corrected chi connectivity index (χ0v) is 11.2. The molecule has 2 atom stereocenters. The molecule has 0 aromatic rings. The van der Waals surface area contributed by atoms with Gasteiger partial charge in [-0.2, -0.15) is 13.2 Å². The molecule has 1 aliphatic heterocycles. The summed E-state index contributed by atoms with van der Waals surface area (Å²) in [7, 11) is -1.58. The number of halogens is 3. The van der Waals surface area contributed by atoms with Gasteiger partial charge in [0.2, 0.25) is 0 Å². The molecule has 0 bridgehead atoms. The Balaban J connectivity index is 2.50. The van der Waals surface area contributed by atoms with Gasteiger partial charge in [0.05, 0.1) is 11.5 Å². The molecule has 1 fully saturated rings. The summed E-state index contributed by atoms with van der Waals surface area (Å²) in [6.07, 6.45) is -4.22. The Hall–Kier alpha value is -0.340. The van der Waals surface area contributed by atoms with Crippen molar-refractivity contribution in [3.05, 3.63) is 0 Å². The van der Waals surface area contributed by atoms with Gasteiger partial charge in [-0.05, 0) is 26.3 Å². The Morgan fingerprint density at radius 1 is 1.39 bits per heavy atom. The first-order valence-corrected chi connectivity index (χ1v) is 7.43. The Kier molecular flexibility index (Phi) is 4.34. The summed E-state index contributed by atoms with van der Waals surface area (Å²) in [6, 6.07) is 0. The summed E-state index contributed by atoms with van der Waals surface area (Å²) in [4.78, 5) is 1.33. The molecule has 8 heteroatoms. The molecular weight excluding hydrogens is 271 g/mol. The van der Waals surface area contributed by atoms with Crippen LogP contribution in [0.3, 0.4) is 0 Å². The van der Waals surface area contributed by atoms with Crippen molar-refractivity contribution in [2.75, 3.05) is 31.6 Å². The van der Waals surface area contributed by atoms with Crippen molar-refractivity contribution >= 4 is 9.84 Å². The van der Waals surface area contributed by atoms with Crippen molar-refractivity contribution in [1.29, 1.82) is 0 Å². The standard InChI is InChI=1S/C10H18F3NO3S/c1-9(15,10(11,12)13)7-14(2)5-8-3-4-18(16,17)6-8/h8,15H,3-7H2,1-2H3. The van der Waals surface area contributed by atoms with Crippen LogP contribution in [-0.2, 0) is 9.84 Å². The minimum Gasteiger partial charge on any atom is -0.380 e. The highest BCUT2D eigenvalue weighted by Gasteiger charge is 2.50. The van der Waals surface area contributed by atoms with Crippen LogP contribution in [0, 0.1) is 5.92 Å². The first kappa shape index (κ1) is 15.7. The van der Waals surface area contributed by atoms with Crippen LogP contribution >= 0.6 is 0 Å². The number of hydrogen-bond donors (Lipinski definition) is 1. The Morgan fingerprint density at radius 3 is 2.33 bits per heavy atom. The third kappa shape index (κ3) is 4.10. The number of likely N-dealkylation sites (N-methyl/N-ethyl adjacent to an activating group) is 1. The summed E-state index contributed by atoms with van der Waals surface area (Å²) in [5.41, 5.74) is -2.78. The summed E-state index contributed by atoms with van der Waals surface area (Å²) >= 11 is 0. The monoisotopic (exact) mass is 289 g/mol. The van der Waals surface area contributed by atoms with Crippen LogP contribution in [0.2, 0.25) is 0 Å². The van der Waals surface area contributed by atoms with Gasteiger partial charge in [-0.15, -0.1) is 0 Å². The quantitative estimate of drug-likeness (QED) is 0.826. The smallest absolute Gasteiger partial charge is 0.380 e. The van der Waals surface area contributed by atoms with Crippen LogP contribution in [0.15, 0.2) is 0 Å². The molecule has 108 valence electrons. The third-order valence-corrected chi connectivity index (χ3v) is 4.92. The fourth-order valence-electron chi connectivity index (χ4n) is 2.14. The van der Waals surface area contributed by atoms with E-state index in [1.54, 1.807) is 0 Å². The van der Waals surface area contributed by atoms with Crippen LogP contribution < -0.4 is 0 Å². The molecular formula is C10H18F3NO3S. The Bertz CT molecular complexity index is 392. The first-order valence-electron chi connectivity index (χ1n) is 5.61. The van der Waals surface area contributed by atoms with Crippen molar-refractivity contribution < 1.29 is 26.7 Å². The lowest BCUT2D eigenvalue weighted by atomic mass is 10.0. The summed E-state index contributed by atoms with van der Waals surface area (Å²) in [5, 5.41) is 9.31. The molecule has 4 nitrogen and oxygen atoms in total. The number of hydrogen-bond acceptors (Lipinski definition) is 4. The molecule has 1 aliphatic rings. The predicted octanol–water partition coefficient (Wildman–Crippen LogP) is 0.666. The fraction of sp³-hybridized carbons (Fsp3) is 1.00. The minimum atomic E-state index is -4.69. The maximum absolute atomic E-state index is 12.5. The van der Waals surface area contributed by atoms with Crippen molar-refractivity contribution in [1.82, 2.24) is 4.90 Å². The molecule has 1 saturated heterocycles. The van der Waals surface area contributed by atoms with Crippen LogP contribution in [0.4, 0.5) is 13.2 Å². The summed E-state index contributed by atoms with van der Waals surface area (Å²) in [5.74, 6) is -0.0313. The van der Waals surface area contributed by atoms with Gasteiger partial charge in [-0.25, -0.2) is 8.42 Å². The van der Waals surface area contributed by atoms with Crippen LogP contribution in [0.5, 0.6) is 0 Å². The highest BCUT2D eigenvalue weighted by atomic mass is 32.2. The average molecular weight is 289 g/mol. The third-order valence-electron chi connectivity index (χ3n) is 3.09. The topological polar surface area (TPSA) is 57.6 Å². The number of alkyl halides is 3. The van der Waals surface area contributed by atoms with Crippen molar-refractivity contribution in [3.63, 3.8) is 0 Å². The van der Waals surface area contributed by atoms with Gasteiger partial charge in [0.25, 0.3) is 0 Å². The molecule has 0 amide bonds. The molecule has 2 unspecified atom stereocenters. The largest absolute Gasteiger partial charge is 0.418 e. The molecule has 0 aliphatic carbocycles. The summed E-state index contributed by atoms with van der Waals surface area (Å²) in [6.45, 7) is 0.396. The highest BCUT2D eigenvalue weighted by Crippen LogP contribution is 2.31. The van der Waals surface area contributed by atoms with E-state index in [9.17, 15) is 26.7 Å². The number of nitrogens with zero attached hydrogens (tertiary/aromatic N) is 1. The number of rotatable bonds is 4. The number of sulfone groups is 1. The molecule has 1 rings (SSSR count). The van der Waals surface area contributed by atoms with Gasteiger partial charge >= 0.3 is 6.18 Å². The van der Waals surface area contributed by atoms with Crippen molar-refractivity contribution in [3.8, 4) is 0 Å². The Morgan fingerprint density at radius 2 is 1.94 bits per heavy atom. The molecule has 1 N–H and O–H groups in total. The molecule has 0 spiro atoms. The molecule has 0 radical (unpaired) electrons. The molecule has 1 heterocycles. The van der Waals surface area contributed by atoms with Gasteiger partial charge in [-0.3, -0.25) is 0 Å². The van der Waals surface area contributed by atoms with Gasteiger partial charge in [-0.1, -0.05) is 0 Å². The van der Waals surface area contributed by atoms with Crippen molar-refractivity contribution in [2.45, 2.75) is 25.1 Å². The lowest BCUT2D eigenvalue weighted by molar-refractivity contribution is -0.256. The van der Waals surface area contributed by atoms with Gasteiger partial charge in [0.1, 0.15) is 0 Å². The summed E-state index contributed by atoms with van der Waals surface area (Å²) < 4.78 is 59.8. The van der Waals surface area contributed by atoms with E-state index in [4.69, 9.17) is 0 Å². The van der Waals surface area contributed by atoms with Crippen LogP contribution in [0.25, 0.3) is 0 Å². The maximum atomic E-state index is 12.5. The molecule has 0 saturated carbocycles. The lowest BCUT2D eigenvalue weighted by Gasteiger charge is -2.31. The predicted molar refractivity (Wildman–Crippen MR) is 60.9 cm³/mol. The molecule has 18 heavy (non-hydrogen) atoms. The van der Waals surface area contributed by atoms with Crippen molar-refractivity contribution in [2.24, 2.45) is 5.92 Å². The second kappa shape index (κ2) is 4.97. The van der Waals surface area contributed by atoms with E-state index in [0.717, 1.165) is 6.92 Å². The fourth-order valence-corrected chi connectivity index (χ4v) is 3.99. The second-order valence-electron chi connectivity index (χ2n) is 5.24. The highest BCUT2D eigenvalue weighted by molar-refractivity contribution is 7.91. The van der Waals surface area contributed by atoms with E-state index in [1.165, 1.54) is 11.9 Å². The van der Waals surface area contributed by atoms with Gasteiger partial charge in [0.15, 0.2) is 15.4 Å². The van der Waals surface area contributed by atoms with Crippen LogP contribution in [0.1, 0.15) is 13.3 Å².